The van der Waals surface area contributed by atoms with Crippen molar-refractivity contribution < 1.29 is 17.6 Å². The Kier molecular flexibility index (Phi) is 6.45. The van der Waals surface area contributed by atoms with E-state index in [9.17, 15) is 17.6 Å². The number of hydrogen-bond acceptors (Lipinski definition) is 4. The highest BCUT2D eigenvalue weighted by Gasteiger charge is 2.17. The van der Waals surface area contributed by atoms with Crippen molar-refractivity contribution in [3.05, 3.63) is 95.8 Å². The van der Waals surface area contributed by atoms with Crippen molar-refractivity contribution >= 4 is 21.6 Å². The average molecular weight is 423 g/mol. The molecule has 0 heterocycles. The lowest BCUT2D eigenvalue weighted by Crippen LogP contribution is -2.30. The van der Waals surface area contributed by atoms with E-state index in [0.717, 1.165) is 17.7 Å². The number of anilines is 1. The standard InChI is InChI=1S/C22H18FN3O3S/c23-19-8-12-21(13-9-19)30(28,29)25-20-10-6-18(7-11-20)22(27)26(15-14-24)16-17-4-2-1-3-5-17/h1-13,25H,15-16H2. The number of nitrogens with one attached hydrogen (secondary N) is 1. The summed E-state index contributed by atoms with van der Waals surface area (Å²) in [6, 6.07) is 21.6. The summed E-state index contributed by atoms with van der Waals surface area (Å²) in [5, 5.41) is 9.06. The molecule has 0 bridgehead atoms. The van der Waals surface area contributed by atoms with Crippen molar-refractivity contribution in [1.29, 1.82) is 5.26 Å². The first-order valence-electron chi connectivity index (χ1n) is 8.97. The molecular formula is C22H18FN3O3S. The van der Waals surface area contributed by atoms with E-state index in [-0.39, 0.29) is 29.6 Å². The summed E-state index contributed by atoms with van der Waals surface area (Å²) in [7, 11) is -3.88. The lowest BCUT2D eigenvalue weighted by Gasteiger charge is -2.20. The Bertz CT molecular complexity index is 1160. The van der Waals surface area contributed by atoms with Crippen LogP contribution >= 0.6 is 0 Å². The maximum Gasteiger partial charge on any atom is 0.261 e. The predicted molar refractivity (Wildman–Crippen MR) is 110 cm³/mol. The second-order valence-corrected chi connectivity index (χ2v) is 8.12. The van der Waals surface area contributed by atoms with Crippen LogP contribution in [0.5, 0.6) is 0 Å². The first-order chi connectivity index (χ1) is 14.4. The molecule has 0 spiro atoms. The zero-order valence-corrected chi connectivity index (χ0v) is 16.6. The number of nitriles is 1. The van der Waals surface area contributed by atoms with Gasteiger partial charge in [0.05, 0.1) is 11.0 Å². The van der Waals surface area contributed by atoms with E-state index in [0.29, 0.717) is 5.56 Å². The molecule has 1 N–H and O–H groups in total. The van der Waals surface area contributed by atoms with E-state index >= 15 is 0 Å². The maximum absolute atomic E-state index is 13.0. The smallest absolute Gasteiger partial charge is 0.261 e. The first kappa shape index (κ1) is 21.0. The normalized spacial score (nSPS) is 10.8. The Morgan fingerprint density at radius 1 is 0.967 bits per heavy atom. The largest absolute Gasteiger partial charge is 0.321 e. The highest BCUT2D eigenvalue weighted by atomic mass is 32.2. The molecule has 6 nitrogen and oxygen atoms in total. The summed E-state index contributed by atoms with van der Waals surface area (Å²) in [5.74, 6) is -0.873. The monoisotopic (exact) mass is 423 g/mol. The molecule has 0 radical (unpaired) electrons. The maximum atomic E-state index is 13.0. The van der Waals surface area contributed by atoms with E-state index < -0.39 is 15.8 Å². The highest BCUT2D eigenvalue weighted by molar-refractivity contribution is 7.92. The van der Waals surface area contributed by atoms with Crippen molar-refractivity contribution in [2.45, 2.75) is 11.4 Å². The fraction of sp³-hybridized carbons (Fsp3) is 0.0909. The van der Waals surface area contributed by atoms with Gasteiger partial charge in [0, 0.05) is 17.8 Å². The van der Waals surface area contributed by atoms with E-state index in [1.807, 2.05) is 36.4 Å². The highest BCUT2D eigenvalue weighted by Crippen LogP contribution is 2.18. The zero-order chi connectivity index (χ0) is 21.6. The lowest BCUT2D eigenvalue weighted by molar-refractivity contribution is 0.0765. The number of rotatable bonds is 7. The topological polar surface area (TPSA) is 90.3 Å². The van der Waals surface area contributed by atoms with Crippen LogP contribution in [0.4, 0.5) is 10.1 Å². The van der Waals surface area contributed by atoms with Gasteiger partial charge in [-0.25, -0.2) is 12.8 Å². The van der Waals surface area contributed by atoms with Gasteiger partial charge in [0.15, 0.2) is 0 Å². The van der Waals surface area contributed by atoms with Gasteiger partial charge in [-0.2, -0.15) is 5.26 Å². The Hall–Kier alpha value is -3.70. The molecule has 0 fully saturated rings. The number of halogens is 1. The quantitative estimate of drug-likeness (QED) is 0.586. The third-order valence-corrected chi connectivity index (χ3v) is 5.67. The zero-order valence-electron chi connectivity index (χ0n) is 15.8. The van der Waals surface area contributed by atoms with Crippen LogP contribution in [0.15, 0.2) is 83.8 Å². The number of carbonyl (C=O) groups excluding carboxylic acids is 1. The molecule has 0 aliphatic rings. The van der Waals surface area contributed by atoms with Crippen LogP contribution in [0, 0.1) is 17.1 Å². The van der Waals surface area contributed by atoms with Gasteiger partial charge >= 0.3 is 0 Å². The molecule has 0 atom stereocenters. The van der Waals surface area contributed by atoms with E-state index in [1.54, 1.807) is 0 Å². The molecule has 1 amide bonds. The van der Waals surface area contributed by atoms with Crippen molar-refractivity contribution in [3.63, 3.8) is 0 Å². The summed E-state index contributed by atoms with van der Waals surface area (Å²) >= 11 is 0. The Labute approximate surface area is 174 Å². The Morgan fingerprint density at radius 2 is 1.60 bits per heavy atom. The van der Waals surface area contributed by atoms with Gasteiger partial charge in [-0.1, -0.05) is 30.3 Å². The van der Waals surface area contributed by atoms with Crippen molar-refractivity contribution in [3.8, 4) is 6.07 Å². The van der Waals surface area contributed by atoms with Crippen molar-refractivity contribution in [1.82, 2.24) is 4.90 Å². The third-order valence-electron chi connectivity index (χ3n) is 4.27. The summed E-state index contributed by atoms with van der Waals surface area (Å²) in [4.78, 5) is 14.1. The fourth-order valence-corrected chi connectivity index (χ4v) is 3.84. The molecule has 3 aromatic carbocycles. The van der Waals surface area contributed by atoms with Gasteiger partial charge in [-0.3, -0.25) is 9.52 Å². The molecule has 0 aliphatic heterocycles. The second kappa shape index (κ2) is 9.20. The average Bonchev–Trinajstić information content (AvgIpc) is 2.74. The first-order valence-corrected chi connectivity index (χ1v) is 10.5. The van der Waals surface area contributed by atoms with Gasteiger partial charge in [-0.15, -0.1) is 0 Å². The molecule has 0 saturated carbocycles. The summed E-state index contributed by atoms with van der Waals surface area (Å²) in [6.07, 6.45) is 0. The van der Waals surface area contributed by atoms with Crippen LogP contribution in [-0.2, 0) is 16.6 Å². The molecule has 3 rings (SSSR count). The van der Waals surface area contributed by atoms with Gasteiger partial charge in [0.2, 0.25) is 0 Å². The summed E-state index contributed by atoms with van der Waals surface area (Å²) in [6.45, 7) is 0.207. The molecule has 3 aromatic rings. The molecule has 30 heavy (non-hydrogen) atoms. The second-order valence-electron chi connectivity index (χ2n) is 6.44. The molecule has 152 valence electrons. The summed E-state index contributed by atoms with van der Waals surface area (Å²) in [5.41, 5.74) is 1.47. The summed E-state index contributed by atoms with van der Waals surface area (Å²) < 4.78 is 40.2. The number of hydrogen-bond donors (Lipinski definition) is 1. The van der Waals surface area contributed by atoms with Crippen LogP contribution in [0.3, 0.4) is 0 Å². The van der Waals surface area contributed by atoms with Crippen LogP contribution < -0.4 is 4.72 Å². The van der Waals surface area contributed by atoms with Crippen LogP contribution in [0.2, 0.25) is 0 Å². The molecule has 0 aromatic heterocycles. The molecule has 8 heteroatoms. The van der Waals surface area contributed by atoms with Gasteiger partial charge in [-0.05, 0) is 54.1 Å². The van der Waals surface area contributed by atoms with Gasteiger partial charge in [0.25, 0.3) is 15.9 Å². The van der Waals surface area contributed by atoms with E-state index in [4.69, 9.17) is 5.26 Å². The minimum Gasteiger partial charge on any atom is -0.321 e. The number of nitrogens with zero attached hydrogens (tertiary/aromatic N) is 2. The van der Waals surface area contributed by atoms with Crippen molar-refractivity contribution in [2.75, 3.05) is 11.3 Å². The fourth-order valence-electron chi connectivity index (χ4n) is 2.78. The number of amides is 1. The third kappa shape index (κ3) is 5.21. The van der Waals surface area contributed by atoms with Crippen LogP contribution in [-0.4, -0.2) is 25.8 Å². The van der Waals surface area contributed by atoms with Crippen LogP contribution in [0.25, 0.3) is 0 Å². The SMILES string of the molecule is N#CCN(Cc1ccccc1)C(=O)c1ccc(NS(=O)(=O)c2ccc(F)cc2)cc1. The molecule has 0 saturated heterocycles. The minimum atomic E-state index is -3.88. The Morgan fingerprint density at radius 3 is 2.20 bits per heavy atom. The minimum absolute atomic E-state index is 0.0767. The van der Waals surface area contributed by atoms with Gasteiger partial charge < -0.3 is 4.90 Å². The predicted octanol–water partition coefficient (Wildman–Crippen LogP) is 3.79. The molecule has 0 aliphatic carbocycles. The van der Waals surface area contributed by atoms with E-state index in [2.05, 4.69) is 4.72 Å². The van der Waals surface area contributed by atoms with Crippen LogP contribution in [0.1, 0.15) is 15.9 Å². The Balaban J connectivity index is 1.74. The number of benzene rings is 3. The number of sulfonamides is 1. The molecule has 0 unspecified atom stereocenters. The van der Waals surface area contributed by atoms with E-state index in [1.165, 1.54) is 41.3 Å². The van der Waals surface area contributed by atoms with Gasteiger partial charge in [0.1, 0.15) is 12.4 Å². The number of carbonyl (C=O) groups is 1. The molecular weight excluding hydrogens is 405 g/mol. The lowest BCUT2D eigenvalue weighted by atomic mass is 10.1. The van der Waals surface area contributed by atoms with Crippen molar-refractivity contribution in [2.24, 2.45) is 0 Å².